The van der Waals surface area contributed by atoms with Crippen molar-refractivity contribution >= 4 is 35.0 Å². The Labute approximate surface area is 213 Å². The topological polar surface area (TPSA) is 128 Å². The van der Waals surface area contributed by atoms with E-state index in [1.807, 2.05) is 23.3 Å². The lowest BCUT2D eigenvalue weighted by Crippen LogP contribution is -2.39. The molecule has 3 aliphatic heterocycles. The highest BCUT2D eigenvalue weighted by molar-refractivity contribution is 7.98. The van der Waals surface area contributed by atoms with Gasteiger partial charge in [0.05, 0.1) is 39.0 Å². The van der Waals surface area contributed by atoms with Crippen LogP contribution in [0.15, 0.2) is 33.5 Å². The Hall–Kier alpha value is -3.22. The number of carbonyl (C=O) groups excluding carboxylic acids is 1. The SMILES string of the molecule is COc1c(OCCCN2CCOCC2)ccc2c1N=C(c1nc(SC)ncc1C(N)=O)N1CCN=C21. The number of primary amides is 1. The maximum Gasteiger partial charge on any atom is 0.252 e. The molecule has 1 aromatic heterocycles. The third-order valence-corrected chi connectivity index (χ3v) is 6.82. The number of nitrogens with zero attached hydrogens (tertiary/aromatic N) is 6. The Bertz CT molecular complexity index is 1210. The Balaban J connectivity index is 1.48. The normalized spacial score (nSPS) is 17.2. The van der Waals surface area contributed by atoms with Gasteiger partial charge in [0, 0.05) is 37.9 Å². The summed E-state index contributed by atoms with van der Waals surface area (Å²) < 4.78 is 17.3. The molecule has 0 atom stereocenters. The number of amidine groups is 2. The number of rotatable bonds is 9. The molecule has 0 bridgehead atoms. The van der Waals surface area contributed by atoms with Crippen LogP contribution in [0.5, 0.6) is 11.5 Å². The van der Waals surface area contributed by atoms with Crippen molar-refractivity contribution in [1.29, 1.82) is 0 Å². The van der Waals surface area contributed by atoms with Gasteiger partial charge in [0.1, 0.15) is 17.2 Å². The van der Waals surface area contributed by atoms with Crippen molar-refractivity contribution in [2.75, 3.05) is 65.9 Å². The minimum absolute atomic E-state index is 0.204. The number of carbonyl (C=O) groups is 1. The Kier molecular flexibility index (Phi) is 7.35. The number of methoxy groups -OCH3 is 1. The van der Waals surface area contributed by atoms with Crippen LogP contribution >= 0.6 is 11.8 Å². The lowest BCUT2D eigenvalue weighted by molar-refractivity contribution is 0.0357. The van der Waals surface area contributed by atoms with E-state index >= 15 is 0 Å². The zero-order chi connectivity index (χ0) is 25.1. The minimum atomic E-state index is -0.617. The molecule has 0 saturated carbocycles. The van der Waals surface area contributed by atoms with Crippen LogP contribution in [0.2, 0.25) is 0 Å². The van der Waals surface area contributed by atoms with Gasteiger partial charge in [-0.1, -0.05) is 11.8 Å². The van der Waals surface area contributed by atoms with E-state index in [0.29, 0.717) is 53.6 Å². The first kappa shape index (κ1) is 24.5. The van der Waals surface area contributed by atoms with E-state index in [4.69, 9.17) is 29.9 Å². The second kappa shape index (κ2) is 10.8. The fraction of sp³-hybridized carbons (Fsp3) is 0.458. The molecule has 1 fully saturated rings. The smallest absolute Gasteiger partial charge is 0.252 e. The zero-order valence-corrected chi connectivity index (χ0v) is 21.2. The van der Waals surface area contributed by atoms with E-state index in [2.05, 4.69) is 14.9 Å². The molecule has 12 heteroatoms. The highest BCUT2D eigenvalue weighted by Crippen LogP contribution is 2.44. The molecule has 1 aromatic carbocycles. The van der Waals surface area contributed by atoms with Gasteiger partial charge < -0.3 is 24.8 Å². The van der Waals surface area contributed by atoms with Gasteiger partial charge in [-0.15, -0.1) is 0 Å². The number of benzene rings is 1. The fourth-order valence-electron chi connectivity index (χ4n) is 4.50. The Morgan fingerprint density at radius 2 is 2.06 bits per heavy atom. The first-order valence-corrected chi connectivity index (χ1v) is 13.1. The maximum atomic E-state index is 12.2. The van der Waals surface area contributed by atoms with Gasteiger partial charge in [0.2, 0.25) is 0 Å². The van der Waals surface area contributed by atoms with Crippen LogP contribution in [0.25, 0.3) is 0 Å². The zero-order valence-electron chi connectivity index (χ0n) is 20.4. The number of fused-ring (bicyclic) bond motifs is 3. The van der Waals surface area contributed by atoms with Crippen molar-refractivity contribution in [2.45, 2.75) is 11.6 Å². The number of thioether (sulfide) groups is 1. The number of hydrogen-bond donors (Lipinski definition) is 1. The van der Waals surface area contributed by atoms with Gasteiger partial charge >= 0.3 is 0 Å². The number of aliphatic imine (C=N–C) groups is 2. The Morgan fingerprint density at radius 3 is 2.81 bits per heavy atom. The summed E-state index contributed by atoms with van der Waals surface area (Å²) >= 11 is 1.38. The lowest BCUT2D eigenvalue weighted by atomic mass is 10.1. The van der Waals surface area contributed by atoms with Gasteiger partial charge in [-0.05, 0) is 24.8 Å². The summed E-state index contributed by atoms with van der Waals surface area (Å²) in [7, 11) is 1.60. The van der Waals surface area contributed by atoms with E-state index in [1.165, 1.54) is 18.0 Å². The lowest BCUT2D eigenvalue weighted by Gasteiger charge is -2.29. The molecule has 0 unspecified atom stereocenters. The van der Waals surface area contributed by atoms with E-state index in [0.717, 1.165) is 50.7 Å². The standard InChI is InChI=1S/C24H29N7O4S/c1-33-20-17(35-11-3-7-30-9-12-34-13-10-30)5-4-15-18(20)28-23(31-8-6-26-22(15)31)19-16(21(25)32)14-27-24(29-19)36-2/h4-5,14H,3,6-13H2,1-2H3,(H2,25,32). The summed E-state index contributed by atoms with van der Waals surface area (Å²) in [5.41, 5.74) is 7.68. The second-order valence-corrected chi connectivity index (χ2v) is 9.20. The van der Waals surface area contributed by atoms with Crippen LogP contribution in [-0.2, 0) is 4.74 Å². The van der Waals surface area contributed by atoms with Crippen molar-refractivity contribution in [1.82, 2.24) is 19.8 Å². The first-order valence-electron chi connectivity index (χ1n) is 11.9. The molecular formula is C24H29N7O4S. The van der Waals surface area contributed by atoms with Crippen molar-refractivity contribution in [3.8, 4) is 11.5 Å². The van der Waals surface area contributed by atoms with Crippen molar-refractivity contribution in [3.63, 3.8) is 0 Å². The number of amides is 1. The summed E-state index contributed by atoms with van der Waals surface area (Å²) in [6, 6.07) is 3.85. The van der Waals surface area contributed by atoms with Gasteiger partial charge in [-0.2, -0.15) is 0 Å². The molecule has 0 spiro atoms. The molecule has 2 aromatic rings. The van der Waals surface area contributed by atoms with Gasteiger partial charge in [0.25, 0.3) is 5.91 Å². The Morgan fingerprint density at radius 1 is 1.22 bits per heavy atom. The van der Waals surface area contributed by atoms with E-state index < -0.39 is 5.91 Å². The van der Waals surface area contributed by atoms with Gasteiger partial charge in [-0.3, -0.25) is 14.7 Å². The maximum absolute atomic E-state index is 12.2. The third kappa shape index (κ3) is 4.75. The van der Waals surface area contributed by atoms with Crippen molar-refractivity contribution in [2.24, 2.45) is 15.7 Å². The molecule has 36 heavy (non-hydrogen) atoms. The molecule has 5 rings (SSSR count). The molecule has 190 valence electrons. The van der Waals surface area contributed by atoms with Crippen LogP contribution in [0.1, 0.15) is 28.0 Å². The first-order chi connectivity index (χ1) is 17.6. The van der Waals surface area contributed by atoms with Crippen LogP contribution < -0.4 is 15.2 Å². The summed E-state index contributed by atoms with van der Waals surface area (Å²) in [4.78, 5) is 35.0. The van der Waals surface area contributed by atoms with Crippen LogP contribution in [0.3, 0.4) is 0 Å². The van der Waals surface area contributed by atoms with E-state index in [1.54, 1.807) is 7.11 Å². The minimum Gasteiger partial charge on any atom is -0.491 e. The molecule has 1 saturated heterocycles. The molecule has 0 aliphatic carbocycles. The quantitative estimate of drug-likeness (QED) is 0.303. The molecular weight excluding hydrogens is 482 g/mol. The van der Waals surface area contributed by atoms with Gasteiger partial charge in [-0.25, -0.2) is 15.0 Å². The average Bonchev–Trinajstić information content (AvgIpc) is 3.40. The number of hydrogen-bond acceptors (Lipinski definition) is 11. The molecule has 0 radical (unpaired) electrons. The molecule has 4 heterocycles. The fourth-order valence-corrected chi connectivity index (χ4v) is 4.84. The molecule has 1 amide bonds. The highest BCUT2D eigenvalue weighted by atomic mass is 32.2. The molecule has 2 N–H and O–H groups in total. The molecule has 3 aliphatic rings. The monoisotopic (exact) mass is 511 g/mol. The number of nitrogens with two attached hydrogens (primary N) is 1. The van der Waals surface area contributed by atoms with Crippen molar-refractivity contribution < 1.29 is 19.0 Å². The van der Waals surface area contributed by atoms with Crippen LogP contribution in [0, 0.1) is 0 Å². The number of morpholine rings is 1. The highest BCUT2D eigenvalue weighted by Gasteiger charge is 2.35. The van der Waals surface area contributed by atoms with Gasteiger partial charge in [0.15, 0.2) is 22.5 Å². The predicted molar refractivity (Wildman–Crippen MR) is 137 cm³/mol. The van der Waals surface area contributed by atoms with Crippen molar-refractivity contribution in [3.05, 3.63) is 35.2 Å². The molecule has 11 nitrogen and oxygen atoms in total. The van der Waals surface area contributed by atoms with E-state index in [9.17, 15) is 4.79 Å². The summed E-state index contributed by atoms with van der Waals surface area (Å²) in [5.74, 6) is 1.76. The number of ether oxygens (including phenoxy) is 3. The average molecular weight is 512 g/mol. The second-order valence-electron chi connectivity index (χ2n) is 8.42. The van der Waals surface area contributed by atoms with E-state index in [-0.39, 0.29) is 5.56 Å². The van der Waals surface area contributed by atoms with Crippen LogP contribution in [0.4, 0.5) is 5.69 Å². The summed E-state index contributed by atoms with van der Waals surface area (Å²) in [6.07, 6.45) is 4.21. The summed E-state index contributed by atoms with van der Waals surface area (Å²) in [5, 5.41) is 0.519. The van der Waals surface area contributed by atoms with Crippen LogP contribution in [-0.4, -0.2) is 103 Å². The summed E-state index contributed by atoms with van der Waals surface area (Å²) in [6.45, 7) is 6.18. The predicted octanol–water partition coefficient (Wildman–Crippen LogP) is 1.56. The third-order valence-electron chi connectivity index (χ3n) is 6.26. The number of aromatic nitrogens is 2. The largest absolute Gasteiger partial charge is 0.491 e.